The van der Waals surface area contributed by atoms with Crippen molar-refractivity contribution < 1.29 is 9.53 Å². The van der Waals surface area contributed by atoms with Gasteiger partial charge in [-0.25, -0.2) is 4.52 Å². The summed E-state index contributed by atoms with van der Waals surface area (Å²) >= 11 is 1.48. The SMILES string of the molecule is COc1ccc(/C=C/C(=O)Nc2nc3scc(C)n3n2)cc1. The quantitative estimate of drug-likeness (QED) is 0.752. The molecule has 0 aliphatic heterocycles. The van der Waals surface area contributed by atoms with E-state index >= 15 is 0 Å². The second-order valence-corrected chi connectivity index (χ2v) is 5.44. The van der Waals surface area contributed by atoms with E-state index < -0.39 is 0 Å². The van der Waals surface area contributed by atoms with Crippen molar-refractivity contribution in [1.82, 2.24) is 14.6 Å². The first-order chi connectivity index (χ1) is 10.7. The van der Waals surface area contributed by atoms with Crippen LogP contribution in [0.3, 0.4) is 0 Å². The van der Waals surface area contributed by atoms with Gasteiger partial charge in [-0.3, -0.25) is 10.1 Å². The normalized spacial score (nSPS) is 11.2. The second-order valence-electron chi connectivity index (χ2n) is 4.60. The molecular weight excluding hydrogens is 300 g/mol. The number of benzene rings is 1. The number of methoxy groups -OCH3 is 1. The Morgan fingerprint density at radius 1 is 1.36 bits per heavy atom. The van der Waals surface area contributed by atoms with E-state index in [1.807, 2.05) is 36.6 Å². The average Bonchev–Trinajstić information content (AvgIpc) is 3.07. The first kappa shape index (κ1) is 14.3. The number of aromatic nitrogens is 3. The highest BCUT2D eigenvalue weighted by molar-refractivity contribution is 7.15. The zero-order chi connectivity index (χ0) is 15.5. The van der Waals surface area contributed by atoms with Gasteiger partial charge in [0.1, 0.15) is 5.75 Å². The van der Waals surface area contributed by atoms with Crippen LogP contribution in [-0.4, -0.2) is 27.6 Å². The third kappa shape index (κ3) is 2.99. The van der Waals surface area contributed by atoms with E-state index in [4.69, 9.17) is 4.74 Å². The number of ether oxygens (including phenoxy) is 1. The Bertz CT molecular complexity index is 833. The van der Waals surface area contributed by atoms with Crippen molar-refractivity contribution >= 4 is 34.2 Å². The molecule has 0 aliphatic rings. The minimum Gasteiger partial charge on any atom is -0.497 e. The molecule has 7 heteroatoms. The zero-order valence-electron chi connectivity index (χ0n) is 12.1. The fourth-order valence-corrected chi connectivity index (χ4v) is 2.68. The van der Waals surface area contributed by atoms with Gasteiger partial charge in [-0.05, 0) is 30.7 Å². The smallest absolute Gasteiger partial charge is 0.250 e. The Morgan fingerprint density at radius 3 is 2.82 bits per heavy atom. The molecular formula is C15H14N4O2S. The van der Waals surface area contributed by atoms with Crippen LogP contribution in [0.1, 0.15) is 11.3 Å². The van der Waals surface area contributed by atoms with Gasteiger partial charge in [-0.1, -0.05) is 12.1 Å². The third-order valence-corrected chi connectivity index (χ3v) is 3.96. The molecule has 0 saturated heterocycles. The number of amides is 1. The molecule has 112 valence electrons. The number of carbonyl (C=O) groups is 1. The summed E-state index contributed by atoms with van der Waals surface area (Å²) in [5.74, 6) is 0.810. The minimum absolute atomic E-state index is 0.272. The largest absolute Gasteiger partial charge is 0.497 e. The van der Waals surface area contributed by atoms with E-state index in [0.29, 0.717) is 5.95 Å². The molecule has 0 spiro atoms. The van der Waals surface area contributed by atoms with Crippen molar-refractivity contribution in [3.8, 4) is 5.75 Å². The number of hydrogen-bond donors (Lipinski definition) is 1. The molecule has 2 aromatic heterocycles. The molecule has 0 fully saturated rings. The van der Waals surface area contributed by atoms with Crippen LogP contribution in [0.25, 0.3) is 11.0 Å². The van der Waals surface area contributed by atoms with Crippen molar-refractivity contribution in [2.75, 3.05) is 12.4 Å². The number of anilines is 1. The monoisotopic (exact) mass is 314 g/mol. The highest BCUT2D eigenvalue weighted by Gasteiger charge is 2.08. The molecule has 6 nitrogen and oxygen atoms in total. The average molecular weight is 314 g/mol. The molecule has 3 rings (SSSR count). The van der Waals surface area contributed by atoms with Gasteiger partial charge >= 0.3 is 0 Å². The number of hydrogen-bond acceptors (Lipinski definition) is 5. The lowest BCUT2D eigenvalue weighted by Crippen LogP contribution is -2.09. The van der Waals surface area contributed by atoms with Gasteiger partial charge in [-0.2, -0.15) is 4.98 Å². The number of aryl methyl sites for hydroxylation is 1. The lowest BCUT2D eigenvalue weighted by molar-refractivity contribution is -0.111. The molecule has 0 aliphatic carbocycles. The fraction of sp³-hybridized carbons (Fsp3) is 0.133. The zero-order valence-corrected chi connectivity index (χ0v) is 12.9. The van der Waals surface area contributed by atoms with Gasteiger partial charge in [-0.15, -0.1) is 16.4 Å². The summed E-state index contributed by atoms with van der Waals surface area (Å²) in [5, 5.41) is 8.84. The number of thiazole rings is 1. The standard InChI is InChI=1S/C15H14N4O2S/c1-10-9-22-15-17-14(18-19(10)15)16-13(20)8-5-11-3-6-12(21-2)7-4-11/h3-9H,1-2H3,(H,16,18,20)/b8-5+. The van der Waals surface area contributed by atoms with E-state index in [1.165, 1.54) is 17.4 Å². The molecule has 0 bridgehead atoms. The highest BCUT2D eigenvalue weighted by Crippen LogP contribution is 2.15. The van der Waals surface area contributed by atoms with Crippen LogP contribution in [0.4, 0.5) is 5.95 Å². The first-order valence-corrected chi connectivity index (χ1v) is 7.47. The Morgan fingerprint density at radius 2 is 2.14 bits per heavy atom. The van der Waals surface area contributed by atoms with Crippen molar-refractivity contribution in [3.63, 3.8) is 0 Å². The van der Waals surface area contributed by atoms with Crippen molar-refractivity contribution in [3.05, 3.63) is 47.0 Å². The molecule has 3 aromatic rings. The van der Waals surface area contributed by atoms with Gasteiger partial charge in [0.15, 0.2) is 0 Å². The number of fused-ring (bicyclic) bond motifs is 1. The van der Waals surface area contributed by atoms with Crippen molar-refractivity contribution in [2.45, 2.75) is 6.92 Å². The van der Waals surface area contributed by atoms with Crippen LogP contribution in [0.15, 0.2) is 35.7 Å². The summed E-state index contributed by atoms with van der Waals surface area (Å²) in [6, 6.07) is 7.42. The minimum atomic E-state index is -0.272. The second kappa shape index (κ2) is 5.98. The summed E-state index contributed by atoms with van der Waals surface area (Å²) in [6.45, 7) is 1.94. The van der Waals surface area contributed by atoms with Crippen LogP contribution in [0.5, 0.6) is 5.75 Å². The topological polar surface area (TPSA) is 68.5 Å². The summed E-state index contributed by atoms with van der Waals surface area (Å²) in [7, 11) is 1.61. The molecule has 0 unspecified atom stereocenters. The number of carbonyl (C=O) groups excluding carboxylic acids is 1. The molecule has 0 saturated carbocycles. The lowest BCUT2D eigenvalue weighted by atomic mass is 10.2. The molecule has 0 radical (unpaired) electrons. The first-order valence-electron chi connectivity index (χ1n) is 6.60. The maximum absolute atomic E-state index is 11.9. The van der Waals surface area contributed by atoms with Gasteiger partial charge in [0, 0.05) is 11.5 Å². The Balaban J connectivity index is 1.67. The van der Waals surface area contributed by atoms with E-state index in [0.717, 1.165) is 22.0 Å². The molecule has 0 atom stereocenters. The Kier molecular flexibility index (Phi) is 3.88. The van der Waals surface area contributed by atoms with Crippen LogP contribution < -0.4 is 10.1 Å². The van der Waals surface area contributed by atoms with Gasteiger partial charge in [0.2, 0.25) is 4.96 Å². The predicted octanol–water partition coefficient (Wildman–Crippen LogP) is 2.76. The van der Waals surface area contributed by atoms with E-state index in [1.54, 1.807) is 17.7 Å². The summed E-state index contributed by atoms with van der Waals surface area (Å²) in [4.78, 5) is 16.9. The van der Waals surface area contributed by atoms with Gasteiger partial charge in [0.05, 0.1) is 12.8 Å². The third-order valence-electron chi connectivity index (χ3n) is 3.02. The predicted molar refractivity (Wildman–Crippen MR) is 86.3 cm³/mol. The van der Waals surface area contributed by atoms with Crippen LogP contribution >= 0.6 is 11.3 Å². The fourth-order valence-electron chi connectivity index (χ4n) is 1.88. The van der Waals surface area contributed by atoms with E-state index in [-0.39, 0.29) is 5.91 Å². The van der Waals surface area contributed by atoms with Crippen LogP contribution in [-0.2, 0) is 4.79 Å². The van der Waals surface area contributed by atoms with Crippen LogP contribution in [0.2, 0.25) is 0 Å². The lowest BCUT2D eigenvalue weighted by Gasteiger charge is -1.99. The summed E-state index contributed by atoms with van der Waals surface area (Å²) in [5.41, 5.74) is 1.90. The Labute approximate surface area is 131 Å². The molecule has 22 heavy (non-hydrogen) atoms. The number of nitrogens with one attached hydrogen (secondary N) is 1. The summed E-state index contributed by atoms with van der Waals surface area (Å²) < 4.78 is 6.79. The van der Waals surface area contributed by atoms with Gasteiger partial charge in [0.25, 0.3) is 11.9 Å². The summed E-state index contributed by atoms with van der Waals surface area (Å²) in [6.07, 6.45) is 3.17. The van der Waals surface area contributed by atoms with Crippen molar-refractivity contribution in [2.24, 2.45) is 0 Å². The number of rotatable bonds is 4. The van der Waals surface area contributed by atoms with Crippen LogP contribution in [0, 0.1) is 6.92 Å². The Hall–Kier alpha value is -2.67. The molecule has 1 amide bonds. The molecule has 2 heterocycles. The highest BCUT2D eigenvalue weighted by atomic mass is 32.1. The maximum Gasteiger partial charge on any atom is 0.250 e. The maximum atomic E-state index is 11.9. The van der Waals surface area contributed by atoms with Gasteiger partial charge < -0.3 is 4.74 Å². The molecule has 1 aromatic carbocycles. The van der Waals surface area contributed by atoms with E-state index in [9.17, 15) is 4.79 Å². The number of nitrogens with zero attached hydrogens (tertiary/aromatic N) is 3. The molecule has 1 N–H and O–H groups in total. The van der Waals surface area contributed by atoms with Crippen molar-refractivity contribution in [1.29, 1.82) is 0 Å². The van der Waals surface area contributed by atoms with E-state index in [2.05, 4.69) is 15.4 Å².